The fraction of sp³-hybridized carbons (Fsp3) is 0.571. The summed E-state index contributed by atoms with van der Waals surface area (Å²) in [5, 5.41) is 12.0. The van der Waals surface area contributed by atoms with E-state index in [-0.39, 0.29) is 24.9 Å². The summed E-state index contributed by atoms with van der Waals surface area (Å²) in [6.45, 7) is 2.21. The number of nitrogens with one attached hydrogen (secondary N) is 1. The highest BCUT2D eigenvalue weighted by Gasteiger charge is 2.21. The number of hydrogen-bond acceptors (Lipinski definition) is 3. The molecule has 0 amide bonds. The SMILES string of the molecule is CC(CO)COc1c(F)cc(CNC2CC2)cc1F. The molecule has 1 fully saturated rings. The van der Waals surface area contributed by atoms with Gasteiger partial charge in [-0.15, -0.1) is 0 Å². The summed E-state index contributed by atoms with van der Waals surface area (Å²) in [5.74, 6) is -1.92. The predicted molar refractivity (Wildman–Crippen MR) is 68.0 cm³/mol. The van der Waals surface area contributed by atoms with Crippen LogP contribution in [-0.2, 0) is 6.54 Å². The number of ether oxygens (including phenoxy) is 1. The molecule has 0 aliphatic heterocycles. The summed E-state index contributed by atoms with van der Waals surface area (Å²) in [6, 6.07) is 3.07. The van der Waals surface area contributed by atoms with Gasteiger partial charge >= 0.3 is 0 Å². The Balaban J connectivity index is 1.98. The van der Waals surface area contributed by atoms with Crippen molar-refractivity contribution in [2.75, 3.05) is 13.2 Å². The maximum atomic E-state index is 13.8. The number of aliphatic hydroxyl groups is 1. The molecule has 1 aromatic rings. The van der Waals surface area contributed by atoms with E-state index in [1.165, 1.54) is 12.1 Å². The molecule has 1 aliphatic carbocycles. The molecule has 1 aromatic carbocycles. The minimum absolute atomic E-state index is 0.0768. The van der Waals surface area contributed by atoms with Crippen molar-refractivity contribution < 1.29 is 18.6 Å². The minimum Gasteiger partial charge on any atom is -0.487 e. The van der Waals surface area contributed by atoms with Crippen molar-refractivity contribution in [3.63, 3.8) is 0 Å². The first-order valence-corrected chi connectivity index (χ1v) is 6.55. The van der Waals surface area contributed by atoms with Crippen LogP contribution >= 0.6 is 0 Å². The molecule has 106 valence electrons. The first kappa shape index (κ1) is 14.2. The highest BCUT2D eigenvalue weighted by molar-refractivity contribution is 5.31. The van der Waals surface area contributed by atoms with Gasteiger partial charge in [-0.05, 0) is 30.5 Å². The maximum absolute atomic E-state index is 13.8. The average Bonchev–Trinajstić information content (AvgIpc) is 3.19. The van der Waals surface area contributed by atoms with Crippen LogP contribution < -0.4 is 10.1 Å². The van der Waals surface area contributed by atoms with E-state index in [1.807, 2.05) is 0 Å². The maximum Gasteiger partial charge on any atom is 0.190 e. The Bertz CT molecular complexity index is 412. The second-order valence-electron chi connectivity index (χ2n) is 5.14. The van der Waals surface area contributed by atoms with Gasteiger partial charge in [0, 0.05) is 25.1 Å². The van der Waals surface area contributed by atoms with Gasteiger partial charge in [0.25, 0.3) is 0 Å². The average molecular weight is 271 g/mol. The van der Waals surface area contributed by atoms with E-state index in [0.717, 1.165) is 12.8 Å². The first-order chi connectivity index (χ1) is 9.10. The summed E-state index contributed by atoms with van der Waals surface area (Å²) >= 11 is 0. The van der Waals surface area contributed by atoms with Gasteiger partial charge in [-0.3, -0.25) is 0 Å². The van der Waals surface area contributed by atoms with E-state index in [2.05, 4.69) is 5.32 Å². The molecule has 1 aliphatic rings. The number of benzene rings is 1. The van der Waals surface area contributed by atoms with Crippen LogP contribution in [0.1, 0.15) is 25.3 Å². The van der Waals surface area contributed by atoms with Crippen LogP contribution in [0.15, 0.2) is 12.1 Å². The van der Waals surface area contributed by atoms with Gasteiger partial charge in [-0.25, -0.2) is 8.78 Å². The van der Waals surface area contributed by atoms with Crippen molar-refractivity contribution in [2.24, 2.45) is 5.92 Å². The van der Waals surface area contributed by atoms with Gasteiger partial charge < -0.3 is 15.2 Å². The van der Waals surface area contributed by atoms with E-state index in [9.17, 15) is 8.78 Å². The van der Waals surface area contributed by atoms with E-state index >= 15 is 0 Å². The number of hydrogen-bond donors (Lipinski definition) is 2. The van der Waals surface area contributed by atoms with Gasteiger partial charge in [0.05, 0.1) is 6.61 Å². The predicted octanol–water partition coefficient (Wildman–Crippen LogP) is 2.22. The Kier molecular flexibility index (Phi) is 4.71. The molecule has 1 saturated carbocycles. The van der Waals surface area contributed by atoms with Gasteiger partial charge in [0.15, 0.2) is 17.4 Å². The molecule has 2 rings (SSSR count). The molecular weight excluding hydrogens is 252 g/mol. The van der Waals surface area contributed by atoms with Crippen LogP contribution in [0.25, 0.3) is 0 Å². The lowest BCUT2D eigenvalue weighted by molar-refractivity contribution is 0.167. The molecule has 19 heavy (non-hydrogen) atoms. The van der Waals surface area contributed by atoms with Crippen molar-refractivity contribution in [2.45, 2.75) is 32.4 Å². The van der Waals surface area contributed by atoms with E-state index in [0.29, 0.717) is 18.2 Å². The number of rotatable bonds is 7. The number of halogens is 2. The van der Waals surface area contributed by atoms with Crippen LogP contribution in [0.4, 0.5) is 8.78 Å². The largest absolute Gasteiger partial charge is 0.487 e. The molecule has 2 N–H and O–H groups in total. The van der Waals surface area contributed by atoms with Crippen molar-refractivity contribution in [3.05, 3.63) is 29.3 Å². The van der Waals surface area contributed by atoms with Crippen LogP contribution in [0.5, 0.6) is 5.75 Å². The zero-order valence-corrected chi connectivity index (χ0v) is 11.0. The third-order valence-electron chi connectivity index (χ3n) is 3.05. The van der Waals surface area contributed by atoms with Gasteiger partial charge in [0.2, 0.25) is 0 Å². The zero-order valence-electron chi connectivity index (χ0n) is 11.0. The molecular formula is C14H19F2NO2. The lowest BCUT2D eigenvalue weighted by Gasteiger charge is -2.13. The van der Waals surface area contributed by atoms with Crippen LogP contribution in [0.3, 0.4) is 0 Å². The lowest BCUT2D eigenvalue weighted by atomic mass is 10.2. The second kappa shape index (κ2) is 6.30. The van der Waals surface area contributed by atoms with Gasteiger partial charge in [-0.1, -0.05) is 6.92 Å². The third-order valence-corrected chi connectivity index (χ3v) is 3.05. The highest BCUT2D eigenvalue weighted by atomic mass is 19.1. The summed E-state index contributed by atoms with van der Waals surface area (Å²) < 4.78 is 32.6. The van der Waals surface area contributed by atoms with Crippen molar-refractivity contribution in [3.8, 4) is 5.75 Å². The van der Waals surface area contributed by atoms with Crippen molar-refractivity contribution in [1.29, 1.82) is 0 Å². The Morgan fingerprint density at radius 1 is 1.37 bits per heavy atom. The molecule has 5 heteroatoms. The topological polar surface area (TPSA) is 41.5 Å². The van der Waals surface area contributed by atoms with Gasteiger partial charge in [-0.2, -0.15) is 0 Å². The Morgan fingerprint density at radius 3 is 2.53 bits per heavy atom. The fourth-order valence-corrected chi connectivity index (χ4v) is 1.68. The first-order valence-electron chi connectivity index (χ1n) is 6.55. The molecule has 0 heterocycles. The van der Waals surface area contributed by atoms with Gasteiger partial charge in [0.1, 0.15) is 0 Å². The molecule has 0 bridgehead atoms. The minimum atomic E-state index is -0.697. The lowest BCUT2D eigenvalue weighted by Crippen LogP contribution is -2.16. The molecule has 0 spiro atoms. The Labute approximate surface area is 111 Å². The zero-order chi connectivity index (χ0) is 13.8. The summed E-state index contributed by atoms with van der Waals surface area (Å²) in [5.41, 5.74) is 0.574. The van der Waals surface area contributed by atoms with Crippen LogP contribution in [0, 0.1) is 17.6 Å². The quantitative estimate of drug-likeness (QED) is 0.799. The van der Waals surface area contributed by atoms with Crippen molar-refractivity contribution in [1.82, 2.24) is 5.32 Å². The smallest absolute Gasteiger partial charge is 0.190 e. The Morgan fingerprint density at radius 2 is 2.00 bits per heavy atom. The van der Waals surface area contributed by atoms with Crippen LogP contribution in [-0.4, -0.2) is 24.4 Å². The second-order valence-corrected chi connectivity index (χ2v) is 5.14. The standard InChI is InChI=1S/C14H19F2NO2/c1-9(7-18)8-19-14-12(15)4-10(5-13(14)16)6-17-11-2-3-11/h4-5,9,11,17-18H,2-3,6-8H2,1H3. The highest BCUT2D eigenvalue weighted by Crippen LogP contribution is 2.25. The molecule has 1 atom stereocenters. The van der Waals surface area contributed by atoms with Crippen molar-refractivity contribution >= 4 is 0 Å². The normalized spacial score (nSPS) is 16.4. The van der Waals surface area contributed by atoms with E-state index < -0.39 is 11.6 Å². The molecule has 1 unspecified atom stereocenters. The Hall–Kier alpha value is -1.20. The van der Waals surface area contributed by atoms with Crippen LogP contribution in [0.2, 0.25) is 0 Å². The number of aliphatic hydroxyl groups excluding tert-OH is 1. The van der Waals surface area contributed by atoms with E-state index in [4.69, 9.17) is 9.84 Å². The molecule has 0 saturated heterocycles. The fourth-order valence-electron chi connectivity index (χ4n) is 1.68. The summed E-state index contributed by atoms with van der Waals surface area (Å²) in [6.07, 6.45) is 2.26. The summed E-state index contributed by atoms with van der Waals surface area (Å²) in [4.78, 5) is 0. The summed E-state index contributed by atoms with van der Waals surface area (Å²) in [7, 11) is 0. The molecule has 3 nitrogen and oxygen atoms in total. The van der Waals surface area contributed by atoms with E-state index in [1.54, 1.807) is 6.92 Å². The third kappa shape index (κ3) is 4.14. The molecule has 0 aromatic heterocycles. The molecule has 0 radical (unpaired) electrons. The monoisotopic (exact) mass is 271 g/mol.